The van der Waals surface area contributed by atoms with Crippen LogP contribution in [0.25, 0.3) is 10.8 Å². The summed E-state index contributed by atoms with van der Waals surface area (Å²) in [7, 11) is 0. The Bertz CT molecular complexity index is 1180. The van der Waals surface area contributed by atoms with E-state index in [0.717, 1.165) is 0 Å². The SMILES string of the molecule is Cc1ccc(NC(=O)Cn2nc(C(=O)[O-])c3ccccc3c2=O)c([N+](=O)[O-])c1. The highest BCUT2D eigenvalue weighted by Crippen LogP contribution is 2.25. The molecule has 1 heterocycles. The summed E-state index contributed by atoms with van der Waals surface area (Å²) >= 11 is 0. The summed E-state index contributed by atoms with van der Waals surface area (Å²) in [5, 5.41) is 28.7. The fourth-order valence-corrected chi connectivity index (χ4v) is 2.72. The van der Waals surface area contributed by atoms with Gasteiger partial charge in [0.1, 0.15) is 17.9 Å². The van der Waals surface area contributed by atoms with Crippen molar-refractivity contribution in [1.29, 1.82) is 0 Å². The van der Waals surface area contributed by atoms with Crippen LogP contribution < -0.4 is 16.0 Å². The summed E-state index contributed by atoms with van der Waals surface area (Å²) in [4.78, 5) is 46.7. The van der Waals surface area contributed by atoms with Crippen molar-refractivity contribution >= 4 is 34.0 Å². The van der Waals surface area contributed by atoms with E-state index >= 15 is 0 Å². The number of carbonyl (C=O) groups excluding carboxylic acids is 2. The van der Waals surface area contributed by atoms with Crippen molar-refractivity contribution in [3.8, 4) is 0 Å². The third-order valence-corrected chi connectivity index (χ3v) is 3.98. The highest BCUT2D eigenvalue weighted by atomic mass is 16.6. The highest BCUT2D eigenvalue weighted by molar-refractivity contribution is 6.00. The van der Waals surface area contributed by atoms with Gasteiger partial charge in [-0.25, -0.2) is 4.68 Å². The van der Waals surface area contributed by atoms with E-state index < -0.39 is 34.6 Å². The molecule has 0 unspecified atom stereocenters. The normalized spacial score (nSPS) is 10.6. The lowest BCUT2D eigenvalue weighted by Gasteiger charge is -2.12. The van der Waals surface area contributed by atoms with E-state index in [1.54, 1.807) is 25.1 Å². The number of rotatable bonds is 5. The zero-order chi connectivity index (χ0) is 20.4. The number of fused-ring (bicyclic) bond motifs is 1. The molecule has 0 saturated heterocycles. The Morgan fingerprint density at radius 2 is 1.86 bits per heavy atom. The molecule has 0 aliphatic rings. The standard InChI is InChI=1S/C18H14N4O6/c1-10-6-7-13(14(8-10)22(27)28)19-15(23)9-21-17(24)12-5-3-2-4-11(12)16(20-21)18(25)26/h2-8H,9H2,1H3,(H,19,23)(H,25,26)/p-1. The van der Waals surface area contributed by atoms with E-state index in [1.165, 1.54) is 24.3 Å². The van der Waals surface area contributed by atoms with Gasteiger partial charge in [-0.1, -0.05) is 24.3 Å². The summed E-state index contributed by atoms with van der Waals surface area (Å²) in [6, 6.07) is 10.2. The third kappa shape index (κ3) is 3.56. The van der Waals surface area contributed by atoms with Crippen LogP contribution in [0.1, 0.15) is 16.1 Å². The van der Waals surface area contributed by atoms with Gasteiger partial charge < -0.3 is 15.2 Å². The number of amides is 1. The Hall–Kier alpha value is -4.08. The van der Waals surface area contributed by atoms with Gasteiger partial charge in [-0.15, -0.1) is 0 Å². The first-order valence-electron chi connectivity index (χ1n) is 8.04. The molecule has 3 rings (SSSR count). The first kappa shape index (κ1) is 18.7. The number of aromatic nitrogens is 2. The van der Waals surface area contributed by atoms with E-state index in [1.807, 2.05) is 0 Å². The number of anilines is 1. The number of benzene rings is 2. The van der Waals surface area contributed by atoms with Crippen LogP contribution in [0.4, 0.5) is 11.4 Å². The van der Waals surface area contributed by atoms with E-state index in [9.17, 15) is 29.6 Å². The van der Waals surface area contributed by atoms with E-state index in [0.29, 0.717) is 10.2 Å². The van der Waals surface area contributed by atoms with Crippen LogP contribution in [0, 0.1) is 17.0 Å². The topological polar surface area (TPSA) is 147 Å². The second kappa shape index (κ2) is 7.27. The number of nitro groups is 1. The van der Waals surface area contributed by atoms with Gasteiger partial charge in [0.25, 0.3) is 11.2 Å². The smallest absolute Gasteiger partial charge is 0.293 e. The predicted molar refractivity (Wildman–Crippen MR) is 96.8 cm³/mol. The Morgan fingerprint density at radius 1 is 1.18 bits per heavy atom. The van der Waals surface area contributed by atoms with Crippen LogP contribution in [-0.2, 0) is 11.3 Å². The maximum absolute atomic E-state index is 12.5. The molecule has 0 spiro atoms. The summed E-state index contributed by atoms with van der Waals surface area (Å²) in [6.07, 6.45) is 0. The molecule has 0 aliphatic carbocycles. The fraction of sp³-hybridized carbons (Fsp3) is 0.111. The zero-order valence-electron chi connectivity index (χ0n) is 14.5. The van der Waals surface area contributed by atoms with Gasteiger partial charge in [-0.2, -0.15) is 5.10 Å². The van der Waals surface area contributed by atoms with Crippen molar-refractivity contribution in [3.05, 3.63) is 74.2 Å². The van der Waals surface area contributed by atoms with Crippen molar-refractivity contribution in [2.24, 2.45) is 0 Å². The molecular weight excluding hydrogens is 368 g/mol. The molecule has 0 bridgehead atoms. The van der Waals surface area contributed by atoms with Crippen molar-refractivity contribution < 1.29 is 19.6 Å². The highest BCUT2D eigenvalue weighted by Gasteiger charge is 2.18. The van der Waals surface area contributed by atoms with Crippen LogP contribution in [0.2, 0.25) is 0 Å². The average molecular weight is 381 g/mol. The van der Waals surface area contributed by atoms with Gasteiger partial charge in [-0.3, -0.25) is 19.7 Å². The molecule has 142 valence electrons. The lowest BCUT2D eigenvalue weighted by molar-refractivity contribution is -0.384. The molecule has 3 aromatic rings. The number of carboxylic acids is 1. The van der Waals surface area contributed by atoms with Crippen LogP contribution in [0.3, 0.4) is 0 Å². The lowest BCUT2D eigenvalue weighted by Crippen LogP contribution is -2.34. The number of hydrogen-bond acceptors (Lipinski definition) is 7. The first-order chi connectivity index (χ1) is 13.3. The number of carboxylic acid groups (broad SMARTS) is 1. The molecular formula is C18H13N4O6-. The van der Waals surface area contributed by atoms with E-state index in [2.05, 4.69) is 10.4 Å². The van der Waals surface area contributed by atoms with E-state index in [4.69, 9.17) is 0 Å². The monoisotopic (exact) mass is 381 g/mol. The Labute approximate surface area is 157 Å². The number of nitro benzene ring substituents is 1. The quantitative estimate of drug-likeness (QED) is 0.503. The van der Waals surface area contributed by atoms with Gasteiger partial charge in [0.15, 0.2) is 0 Å². The van der Waals surface area contributed by atoms with Crippen molar-refractivity contribution in [1.82, 2.24) is 9.78 Å². The summed E-state index contributed by atoms with van der Waals surface area (Å²) in [5.74, 6) is -2.37. The molecule has 1 N–H and O–H groups in total. The van der Waals surface area contributed by atoms with Crippen molar-refractivity contribution in [2.45, 2.75) is 13.5 Å². The van der Waals surface area contributed by atoms with Crippen molar-refractivity contribution in [3.63, 3.8) is 0 Å². The lowest BCUT2D eigenvalue weighted by atomic mass is 10.1. The largest absolute Gasteiger partial charge is 0.543 e. The van der Waals surface area contributed by atoms with E-state index in [-0.39, 0.29) is 22.1 Å². The summed E-state index contributed by atoms with van der Waals surface area (Å²) in [5.41, 5.74) is -0.869. The van der Waals surface area contributed by atoms with Gasteiger partial charge in [0.05, 0.1) is 16.3 Å². The molecule has 0 fully saturated rings. The Balaban J connectivity index is 1.97. The van der Waals surface area contributed by atoms with Crippen LogP contribution >= 0.6 is 0 Å². The number of hydrogen-bond donors (Lipinski definition) is 1. The van der Waals surface area contributed by atoms with Gasteiger partial charge >= 0.3 is 0 Å². The van der Waals surface area contributed by atoms with Crippen LogP contribution in [0.5, 0.6) is 0 Å². The van der Waals surface area contributed by atoms with Gasteiger partial charge in [0, 0.05) is 11.5 Å². The first-order valence-corrected chi connectivity index (χ1v) is 8.04. The second-order valence-corrected chi connectivity index (χ2v) is 5.97. The maximum Gasteiger partial charge on any atom is 0.293 e. The zero-order valence-corrected chi connectivity index (χ0v) is 14.5. The maximum atomic E-state index is 12.5. The van der Waals surface area contributed by atoms with Crippen molar-refractivity contribution in [2.75, 3.05) is 5.32 Å². The minimum absolute atomic E-state index is 0.0467. The molecule has 1 amide bonds. The number of aryl methyl sites for hydroxylation is 1. The van der Waals surface area contributed by atoms with Crippen LogP contribution in [0.15, 0.2) is 47.3 Å². The number of carbonyl (C=O) groups is 2. The Kier molecular flexibility index (Phi) is 4.86. The Morgan fingerprint density at radius 3 is 2.50 bits per heavy atom. The second-order valence-electron chi connectivity index (χ2n) is 5.97. The molecule has 0 saturated carbocycles. The minimum atomic E-state index is -1.60. The average Bonchev–Trinajstić information content (AvgIpc) is 2.65. The molecule has 10 nitrogen and oxygen atoms in total. The number of nitrogens with one attached hydrogen (secondary N) is 1. The predicted octanol–water partition coefficient (Wildman–Crippen LogP) is 0.615. The third-order valence-electron chi connectivity index (χ3n) is 3.98. The minimum Gasteiger partial charge on any atom is -0.543 e. The fourth-order valence-electron chi connectivity index (χ4n) is 2.72. The molecule has 0 radical (unpaired) electrons. The molecule has 1 aromatic heterocycles. The van der Waals surface area contributed by atoms with Gasteiger partial charge in [-0.05, 0) is 24.6 Å². The molecule has 28 heavy (non-hydrogen) atoms. The molecule has 2 aromatic carbocycles. The number of aromatic carboxylic acids is 1. The molecule has 0 aliphatic heterocycles. The number of nitrogens with zero attached hydrogens (tertiary/aromatic N) is 3. The van der Waals surface area contributed by atoms with Crippen LogP contribution in [-0.4, -0.2) is 26.6 Å². The molecule has 0 atom stereocenters. The summed E-state index contributed by atoms with van der Waals surface area (Å²) in [6.45, 7) is 1.04. The van der Waals surface area contributed by atoms with Gasteiger partial charge in [0.2, 0.25) is 5.91 Å². The molecule has 10 heteroatoms. The summed E-state index contributed by atoms with van der Waals surface area (Å²) < 4.78 is 0.683.